The number of hydrogen-bond acceptors (Lipinski definition) is 4. The first-order valence-corrected chi connectivity index (χ1v) is 6.54. The lowest BCUT2D eigenvalue weighted by Crippen LogP contribution is -2.30. The topological polar surface area (TPSA) is 65.4 Å². The number of nitrogens with zero attached hydrogens (tertiary/aromatic N) is 1. The van der Waals surface area contributed by atoms with Crippen LogP contribution in [0.15, 0.2) is 30.5 Å². The third kappa shape index (κ3) is 3.77. The summed E-state index contributed by atoms with van der Waals surface area (Å²) in [5, 5.41) is 22.5. The van der Waals surface area contributed by atoms with Crippen LogP contribution in [-0.4, -0.2) is 34.7 Å². The first-order valence-electron chi connectivity index (χ1n) is 6.54. The Morgan fingerprint density at radius 1 is 1.26 bits per heavy atom. The molecule has 0 unspecified atom stereocenters. The fraction of sp³-hybridized carbons (Fsp3) is 0.357. The molecule has 0 saturated heterocycles. The van der Waals surface area contributed by atoms with Crippen molar-refractivity contribution >= 4 is 23.5 Å². The van der Waals surface area contributed by atoms with Gasteiger partial charge >= 0.3 is 7.12 Å². The molecule has 0 amide bonds. The Bertz CT molecular complexity index is 558. The molecule has 0 spiro atoms. The van der Waals surface area contributed by atoms with E-state index < -0.39 is 7.12 Å². The Hall–Kier alpha value is -1.43. The molecule has 1 aromatic heterocycles. The lowest BCUT2D eigenvalue weighted by Gasteiger charge is -2.08. The first-order chi connectivity index (χ1) is 9.06. The summed E-state index contributed by atoms with van der Waals surface area (Å²) in [6.45, 7) is 5.20. The summed E-state index contributed by atoms with van der Waals surface area (Å²) in [5.74, 6) is 0. The smallest absolute Gasteiger partial charge is 0.423 e. The Morgan fingerprint density at radius 3 is 2.74 bits per heavy atom. The molecule has 0 aliphatic rings. The minimum Gasteiger partial charge on any atom is -0.423 e. The van der Waals surface area contributed by atoms with Gasteiger partial charge in [-0.05, 0) is 30.0 Å². The lowest BCUT2D eigenvalue weighted by molar-refractivity contribution is 0.425. The molecule has 0 fully saturated rings. The van der Waals surface area contributed by atoms with Crippen LogP contribution in [0.2, 0.25) is 0 Å². The normalized spacial score (nSPS) is 11.2. The predicted octanol–water partition coefficient (Wildman–Crippen LogP) is 0.455. The van der Waals surface area contributed by atoms with Crippen molar-refractivity contribution in [3.05, 3.63) is 36.0 Å². The predicted molar refractivity (Wildman–Crippen MR) is 78.4 cm³/mol. The van der Waals surface area contributed by atoms with Crippen LogP contribution >= 0.6 is 0 Å². The van der Waals surface area contributed by atoms with E-state index in [0.717, 1.165) is 23.9 Å². The van der Waals surface area contributed by atoms with Gasteiger partial charge in [-0.15, -0.1) is 0 Å². The van der Waals surface area contributed by atoms with Gasteiger partial charge in [0.05, 0.1) is 5.52 Å². The summed E-state index contributed by atoms with van der Waals surface area (Å²) in [6, 6.07) is 8.32. The average molecular weight is 258 g/mol. The van der Waals surface area contributed by atoms with Gasteiger partial charge in [-0.1, -0.05) is 32.0 Å². The number of pyridine rings is 1. The van der Waals surface area contributed by atoms with E-state index in [4.69, 9.17) is 10.0 Å². The molecule has 19 heavy (non-hydrogen) atoms. The van der Waals surface area contributed by atoms with E-state index in [1.807, 2.05) is 12.1 Å². The van der Waals surface area contributed by atoms with Crippen LogP contribution in [0.4, 0.5) is 0 Å². The molecule has 0 aliphatic carbocycles. The second kappa shape index (κ2) is 6.15. The van der Waals surface area contributed by atoms with Crippen LogP contribution < -0.4 is 10.8 Å². The van der Waals surface area contributed by atoms with Gasteiger partial charge in [-0.3, -0.25) is 4.98 Å². The van der Waals surface area contributed by atoms with Crippen LogP contribution in [0, 0.1) is 0 Å². The Labute approximate surface area is 113 Å². The van der Waals surface area contributed by atoms with Crippen molar-refractivity contribution in [1.29, 1.82) is 0 Å². The zero-order chi connectivity index (χ0) is 13.8. The number of aromatic nitrogens is 1. The van der Waals surface area contributed by atoms with Crippen molar-refractivity contribution in [1.82, 2.24) is 10.3 Å². The third-order valence-electron chi connectivity index (χ3n) is 3.03. The zero-order valence-electron chi connectivity index (χ0n) is 11.3. The molecule has 0 saturated carbocycles. The van der Waals surface area contributed by atoms with Crippen LogP contribution in [0.25, 0.3) is 10.9 Å². The van der Waals surface area contributed by atoms with Gasteiger partial charge in [0, 0.05) is 17.7 Å². The molecule has 1 heterocycles. The van der Waals surface area contributed by atoms with Crippen molar-refractivity contribution in [3.63, 3.8) is 0 Å². The van der Waals surface area contributed by atoms with Gasteiger partial charge in [0.1, 0.15) is 0 Å². The molecule has 2 rings (SSSR count). The average Bonchev–Trinajstić information content (AvgIpc) is 2.37. The van der Waals surface area contributed by atoms with Crippen LogP contribution in [0.3, 0.4) is 0 Å². The highest BCUT2D eigenvalue weighted by Gasteiger charge is 2.11. The summed E-state index contributed by atoms with van der Waals surface area (Å²) in [6.07, 6.45) is 2.46. The summed E-state index contributed by atoms with van der Waals surface area (Å²) in [7, 11) is -1.47. The van der Waals surface area contributed by atoms with E-state index in [0.29, 0.717) is 11.5 Å². The van der Waals surface area contributed by atoms with Crippen molar-refractivity contribution in [2.45, 2.75) is 26.3 Å². The fourth-order valence-corrected chi connectivity index (χ4v) is 1.99. The van der Waals surface area contributed by atoms with E-state index in [-0.39, 0.29) is 0 Å². The van der Waals surface area contributed by atoms with Gasteiger partial charge in [-0.25, -0.2) is 0 Å². The van der Waals surface area contributed by atoms with Crippen LogP contribution in [-0.2, 0) is 6.42 Å². The summed E-state index contributed by atoms with van der Waals surface area (Å²) >= 11 is 0. The number of nitrogens with one attached hydrogen (secondary N) is 1. The van der Waals surface area contributed by atoms with E-state index in [9.17, 15) is 0 Å². The summed E-state index contributed by atoms with van der Waals surface area (Å²) < 4.78 is 0. The molecule has 3 N–H and O–H groups in total. The van der Waals surface area contributed by atoms with Gasteiger partial charge in [0.2, 0.25) is 0 Å². The monoisotopic (exact) mass is 258 g/mol. The molecular weight excluding hydrogens is 239 g/mol. The van der Waals surface area contributed by atoms with Crippen LogP contribution in [0.5, 0.6) is 0 Å². The van der Waals surface area contributed by atoms with Crippen molar-refractivity contribution in [2.24, 2.45) is 0 Å². The minimum atomic E-state index is -1.47. The van der Waals surface area contributed by atoms with Crippen molar-refractivity contribution < 1.29 is 10.0 Å². The maximum absolute atomic E-state index is 9.11. The van der Waals surface area contributed by atoms with Gasteiger partial charge < -0.3 is 15.4 Å². The van der Waals surface area contributed by atoms with Crippen molar-refractivity contribution in [3.8, 4) is 0 Å². The van der Waals surface area contributed by atoms with Gasteiger partial charge in [0.15, 0.2) is 0 Å². The second-order valence-corrected chi connectivity index (χ2v) is 5.03. The second-order valence-electron chi connectivity index (χ2n) is 5.03. The summed E-state index contributed by atoms with van der Waals surface area (Å²) in [4.78, 5) is 4.27. The lowest BCUT2D eigenvalue weighted by atomic mass is 9.81. The maximum atomic E-state index is 9.11. The SMILES string of the molecule is CC(C)NCCc1ccc2cc(B(O)O)cnc2c1. The quantitative estimate of drug-likeness (QED) is 0.681. The largest absolute Gasteiger partial charge is 0.490 e. The molecule has 0 bridgehead atoms. The third-order valence-corrected chi connectivity index (χ3v) is 3.03. The number of fused-ring (bicyclic) bond motifs is 1. The molecule has 100 valence electrons. The molecule has 0 aliphatic heterocycles. The molecule has 4 nitrogen and oxygen atoms in total. The number of hydrogen-bond donors (Lipinski definition) is 3. The van der Waals surface area contributed by atoms with E-state index in [1.54, 1.807) is 6.07 Å². The van der Waals surface area contributed by atoms with Gasteiger partial charge in [-0.2, -0.15) is 0 Å². The highest BCUT2D eigenvalue weighted by molar-refractivity contribution is 6.58. The van der Waals surface area contributed by atoms with E-state index in [1.165, 1.54) is 11.8 Å². The standard InChI is InChI=1S/C14H19BN2O2/c1-10(2)16-6-5-11-3-4-12-8-13(15(18)19)9-17-14(12)7-11/h3-4,7-10,16,18-19H,5-6H2,1-2H3. The molecule has 0 radical (unpaired) electrons. The molecule has 0 atom stereocenters. The maximum Gasteiger partial charge on any atom is 0.490 e. The van der Waals surface area contributed by atoms with E-state index in [2.05, 4.69) is 30.2 Å². The zero-order valence-corrected chi connectivity index (χ0v) is 11.3. The Morgan fingerprint density at radius 2 is 2.05 bits per heavy atom. The number of rotatable bonds is 5. The molecular formula is C14H19BN2O2. The first kappa shape index (κ1) is 14.0. The van der Waals surface area contributed by atoms with Crippen molar-refractivity contribution in [2.75, 3.05) is 6.54 Å². The van der Waals surface area contributed by atoms with Crippen LogP contribution in [0.1, 0.15) is 19.4 Å². The van der Waals surface area contributed by atoms with Gasteiger partial charge in [0.25, 0.3) is 0 Å². The number of benzene rings is 1. The molecule has 2 aromatic rings. The Kier molecular flexibility index (Phi) is 4.53. The fourth-order valence-electron chi connectivity index (χ4n) is 1.99. The molecule has 1 aromatic carbocycles. The summed E-state index contributed by atoms with van der Waals surface area (Å²) in [5.41, 5.74) is 2.53. The van der Waals surface area contributed by atoms with E-state index >= 15 is 0 Å². The highest BCUT2D eigenvalue weighted by Crippen LogP contribution is 2.13. The minimum absolute atomic E-state index is 0.418. The Balaban J connectivity index is 2.15. The highest BCUT2D eigenvalue weighted by atomic mass is 16.4. The molecule has 5 heteroatoms.